The van der Waals surface area contributed by atoms with Crippen molar-refractivity contribution in [3.63, 3.8) is 0 Å². The summed E-state index contributed by atoms with van der Waals surface area (Å²) >= 11 is 0. The zero-order valence-electron chi connectivity index (χ0n) is 18.8. The summed E-state index contributed by atoms with van der Waals surface area (Å²) in [6.07, 6.45) is 1.60. The molecule has 2 aromatic carbocycles. The number of rotatable bonds is 7. The highest BCUT2D eigenvalue weighted by Gasteiger charge is 2.21. The van der Waals surface area contributed by atoms with Crippen molar-refractivity contribution >= 4 is 11.6 Å². The van der Waals surface area contributed by atoms with E-state index in [2.05, 4.69) is 5.32 Å². The molecular weight excluding hydrogens is 407 g/mol. The minimum absolute atomic E-state index is 0.0433. The number of para-hydroxylation sites is 1. The van der Waals surface area contributed by atoms with E-state index in [0.29, 0.717) is 38.5 Å². The fourth-order valence-electron chi connectivity index (χ4n) is 3.77. The number of halogens is 1. The lowest BCUT2D eigenvalue weighted by atomic mass is 10.0. The van der Waals surface area contributed by atoms with E-state index in [1.165, 1.54) is 6.07 Å². The summed E-state index contributed by atoms with van der Waals surface area (Å²) in [5.74, 6) is 0.0447. The number of anilines is 1. The molecule has 0 bridgehead atoms. The number of carbonyl (C=O) groups is 1. The number of nitrogens with zero attached hydrogens (tertiary/aromatic N) is 3. The molecule has 0 spiro atoms. The van der Waals surface area contributed by atoms with E-state index in [0.717, 1.165) is 16.9 Å². The van der Waals surface area contributed by atoms with Crippen LogP contribution >= 0.6 is 0 Å². The lowest BCUT2D eigenvalue weighted by Crippen LogP contribution is -2.44. The molecule has 3 rings (SSSR count). The molecule has 1 heterocycles. The van der Waals surface area contributed by atoms with Gasteiger partial charge in [0.05, 0.1) is 18.3 Å². The molecule has 32 heavy (non-hydrogen) atoms. The van der Waals surface area contributed by atoms with Gasteiger partial charge >= 0.3 is 0 Å². The third-order valence-corrected chi connectivity index (χ3v) is 5.46. The Labute approximate surface area is 188 Å². The smallest absolute Gasteiger partial charge is 0.263 e. The van der Waals surface area contributed by atoms with Gasteiger partial charge in [-0.25, -0.2) is 4.39 Å². The average molecular weight is 437 g/mol. The van der Waals surface area contributed by atoms with E-state index in [1.54, 1.807) is 18.3 Å². The predicted octanol–water partition coefficient (Wildman–Crippen LogP) is 3.94. The van der Waals surface area contributed by atoms with Crippen LogP contribution in [0.25, 0.3) is 0 Å². The van der Waals surface area contributed by atoms with Crippen molar-refractivity contribution in [2.75, 3.05) is 37.7 Å². The summed E-state index contributed by atoms with van der Waals surface area (Å²) in [6.45, 7) is 8.69. The van der Waals surface area contributed by atoms with Gasteiger partial charge in [-0.2, -0.15) is 5.26 Å². The summed E-state index contributed by atoms with van der Waals surface area (Å²) in [4.78, 5) is 16.7. The van der Waals surface area contributed by atoms with Crippen LogP contribution in [0.2, 0.25) is 0 Å². The Morgan fingerprint density at radius 1 is 1.25 bits per heavy atom. The van der Waals surface area contributed by atoms with Crippen LogP contribution in [0.1, 0.15) is 31.0 Å². The number of hydrogen-bond acceptors (Lipinski definition) is 5. The number of hydrogen-bond donors (Lipinski definition) is 1. The first-order valence-electron chi connectivity index (χ1n) is 10.8. The minimum atomic E-state index is -0.430. The lowest BCUT2D eigenvalue weighted by molar-refractivity contribution is -0.117. The Balaban J connectivity index is 1.65. The number of amides is 1. The first-order chi connectivity index (χ1) is 15.4. The highest BCUT2D eigenvalue weighted by molar-refractivity contribution is 5.97. The molecule has 1 fully saturated rings. The Morgan fingerprint density at radius 2 is 1.97 bits per heavy atom. The molecule has 1 aliphatic rings. The van der Waals surface area contributed by atoms with Crippen molar-refractivity contribution in [1.82, 2.24) is 10.2 Å². The molecule has 0 saturated carbocycles. The zero-order valence-corrected chi connectivity index (χ0v) is 18.8. The van der Waals surface area contributed by atoms with Crippen LogP contribution in [0.15, 0.2) is 54.2 Å². The van der Waals surface area contributed by atoms with Gasteiger partial charge < -0.3 is 19.9 Å². The van der Waals surface area contributed by atoms with E-state index in [4.69, 9.17) is 4.74 Å². The summed E-state index contributed by atoms with van der Waals surface area (Å²) in [7, 11) is 0. The topological polar surface area (TPSA) is 68.6 Å². The van der Waals surface area contributed by atoms with Crippen LogP contribution in [0.4, 0.5) is 10.1 Å². The summed E-state index contributed by atoms with van der Waals surface area (Å²) < 4.78 is 19.7. The average Bonchev–Trinajstić information content (AvgIpc) is 2.79. The standard InChI is InChI=1S/C25H29FN4O2/c1-4-32-24-10-9-18(2)15-21(24)19(3)28-25(31)20(16-27)17-29-11-13-30(14-12-29)23-8-6-5-7-22(23)26/h5-10,15,17,19H,4,11-14H2,1-3H3,(H,28,31)/b20-17-. The maximum atomic E-state index is 14.0. The normalized spacial score (nSPS) is 15.2. The highest BCUT2D eigenvalue weighted by Crippen LogP contribution is 2.27. The number of benzene rings is 2. The highest BCUT2D eigenvalue weighted by atomic mass is 19.1. The van der Waals surface area contributed by atoms with Gasteiger partial charge in [0.25, 0.3) is 5.91 Å². The maximum Gasteiger partial charge on any atom is 0.263 e. The zero-order chi connectivity index (χ0) is 23.1. The Morgan fingerprint density at radius 3 is 2.62 bits per heavy atom. The molecule has 168 valence electrons. The van der Waals surface area contributed by atoms with Gasteiger partial charge in [0.1, 0.15) is 23.2 Å². The largest absolute Gasteiger partial charge is 0.494 e. The molecular formula is C25H29FN4O2. The van der Waals surface area contributed by atoms with E-state index in [1.807, 2.05) is 60.9 Å². The number of aryl methyl sites for hydroxylation is 1. The van der Waals surface area contributed by atoms with Crippen LogP contribution in [0.5, 0.6) is 5.75 Å². The Kier molecular flexibility index (Phi) is 7.72. The molecule has 2 aromatic rings. The van der Waals surface area contributed by atoms with E-state index in [9.17, 15) is 14.4 Å². The van der Waals surface area contributed by atoms with Crippen molar-refractivity contribution < 1.29 is 13.9 Å². The van der Waals surface area contributed by atoms with Crippen molar-refractivity contribution in [3.05, 3.63) is 71.2 Å². The Bertz CT molecular complexity index is 1020. The van der Waals surface area contributed by atoms with Crippen LogP contribution in [-0.4, -0.2) is 43.6 Å². The van der Waals surface area contributed by atoms with Crippen molar-refractivity contribution in [2.45, 2.75) is 26.8 Å². The van der Waals surface area contributed by atoms with Gasteiger partial charge in [-0.15, -0.1) is 0 Å². The van der Waals surface area contributed by atoms with E-state index >= 15 is 0 Å². The summed E-state index contributed by atoms with van der Waals surface area (Å²) in [5, 5.41) is 12.5. The third-order valence-electron chi connectivity index (χ3n) is 5.46. The van der Waals surface area contributed by atoms with Crippen molar-refractivity contribution in [2.24, 2.45) is 0 Å². The summed E-state index contributed by atoms with van der Waals surface area (Å²) in [6, 6.07) is 14.2. The van der Waals surface area contributed by atoms with Crippen LogP contribution in [0, 0.1) is 24.1 Å². The minimum Gasteiger partial charge on any atom is -0.494 e. The molecule has 0 aliphatic carbocycles. The van der Waals surface area contributed by atoms with Gasteiger partial charge in [-0.05, 0) is 39.0 Å². The van der Waals surface area contributed by atoms with Gasteiger partial charge in [-0.1, -0.05) is 29.8 Å². The first-order valence-corrected chi connectivity index (χ1v) is 10.8. The van der Waals surface area contributed by atoms with Gasteiger partial charge in [0, 0.05) is 37.9 Å². The quantitative estimate of drug-likeness (QED) is 0.526. The van der Waals surface area contributed by atoms with Crippen LogP contribution in [-0.2, 0) is 4.79 Å². The number of nitrogens with one attached hydrogen (secondary N) is 1. The number of nitriles is 1. The van der Waals surface area contributed by atoms with Gasteiger partial charge in [0.15, 0.2) is 0 Å². The maximum absolute atomic E-state index is 14.0. The molecule has 1 aliphatic heterocycles. The molecule has 7 heteroatoms. The molecule has 6 nitrogen and oxygen atoms in total. The summed E-state index contributed by atoms with van der Waals surface area (Å²) in [5.41, 5.74) is 2.55. The third kappa shape index (κ3) is 5.58. The SMILES string of the molecule is CCOc1ccc(C)cc1C(C)NC(=O)/C(C#N)=C\N1CCN(c2ccccc2F)CC1. The van der Waals surface area contributed by atoms with E-state index < -0.39 is 5.91 Å². The number of piperazine rings is 1. The molecule has 1 saturated heterocycles. The predicted molar refractivity (Wildman–Crippen MR) is 123 cm³/mol. The Hall–Kier alpha value is -3.53. The van der Waals surface area contributed by atoms with Crippen LogP contribution in [0.3, 0.4) is 0 Å². The molecule has 1 unspecified atom stereocenters. The van der Waals surface area contributed by atoms with E-state index in [-0.39, 0.29) is 17.4 Å². The molecule has 1 atom stereocenters. The molecule has 1 amide bonds. The fourth-order valence-corrected chi connectivity index (χ4v) is 3.77. The molecule has 0 radical (unpaired) electrons. The second-order valence-electron chi connectivity index (χ2n) is 7.80. The number of carbonyl (C=O) groups excluding carboxylic acids is 1. The van der Waals surface area contributed by atoms with Crippen LogP contribution < -0.4 is 15.0 Å². The second-order valence-corrected chi connectivity index (χ2v) is 7.80. The fraction of sp³-hybridized carbons (Fsp3) is 0.360. The monoisotopic (exact) mass is 436 g/mol. The van der Waals surface area contributed by atoms with Gasteiger partial charge in [-0.3, -0.25) is 4.79 Å². The molecule has 1 N–H and O–H groups in total. The van der Waals surface area contributed by atoms with Crippen molar-refractivity contribution in [1.29, 1.82) is 5.26 Å². The van der Waals surface area contributed by atoms with Crippen molar-refractivity contribution in [3.8, 4) is 11.8 Å². The lowest BCUT2D eigenvalue weighted by Gasteiger charge is -2.35. The second kappa shape index (κ2) is 10.7. The first kappa shape index (κ1) is 23.1. The molecule has 0 aromatic heterocycles. The number of ether oxygens (including phenoxy) is 1. The van der Waals surface area contributed by atoms with Gasteiger partial charge in [0.2, 0.25) is 0 Å².